The van der Waals surface area contributed by atoms with Crippen molar-refractivity contribution in [1.29, 1.82) is 0 Å². The highest BCUT2D eigenvalue weighted by molar-refractivity contribution is 7.99. The van der Waals surface area contributed by atoms with Gasteiger partial charge in [-0.25, -0.2) is 4.98 Å². The van der Waals surface area contributed by atoms with Gasteiger partial charge in [0.25, 0.3) is 0 Å². The molecule has 0 spiro atoms. The highest BCUT2D eigenvalue weighted by atomic mass is 32.2. The Kier molecular flexibility index (Phi) is 7.02. The first-order valence-corrected chi connectivity index (χ1v) is 7.83. The number of hydrogen-bond donors (Lipinski definition) is 1. The number of nitrogens with zero attached hydrogens (tertiary/aromatic N) is 2. The minimum atomic E-state index is 0.0886. The minimum Gasteiger partial charge on any atom is -0.473 e. The van der Waals surface area contributed by atoms with Gasteiger partial charge in [0.1, 0.15) is 5.03 Å². The topological polar surface area (TPSA) is 51.4 Å². The van der Waals surface area contributed by atoms with Crippen molar-refractivity contribution in [2.45, 2.75) is 38.8 Å². The highest BCUT2D eigenvalue weighted by Gasteiger charge is 2.07. The zero-order chi connectivity index (χ0) is 14.3. The van der Waals surface area contributed by atoms with Crippen LogP contribution in [0.25, 0.3) is 0 Å². The summed E-state index contributed by atoms with van der Waals surface area (Å²) in [5.74, 6) is 1.57. The maximum atomic E-state index is 5.85. The summed E-state index contributed by atoms with van der Waals surface area (Å²) in [5, 5.41) is 0.969. The van der Waals surface area contributed by atoms with Gasteiger partial charge in [-0.2, -0.15) is 0 Å². The molecular weight excluding hydrogens is 258 g/mol. The fourth-order valence-corrected chi connectivity index (χ4v) is 2.52. The molecule has 0 aliphatic carbocycles. The zero-order valence-corrected chi connectivity index (χ0v) is 13.2. The number of hydrogen-bond acceptors (Lipinski definition) is 5. The first-order valence-electron chi connectivity index (χ1n) is 6.85. The van der Waals surface area contributed by atoms with E-state index in [1.165, 1.54) is 0 Å². The third-order valence-electron chi connectivity index (χ3n) is 2.76. The number of rotatable bonds is 8. The molecule has 1 aromatic heterocycles. The smallest absolute Gasteiger partial charge is 0.238 e. The average molecular weight is 283 g/mol. The fourth-order valence-electron chi connectivity index (χ4n) is 1.65. The lowest BCUT2D eigenvalue weighted by Gasteiger charge is -2.17. The summed E-state index contributed by atoms with van der Waals surface area (Å²) in [6.07, 6.45) is 0.0886. The van der Waals surface area contributed by atoms with Gasteiger partial charge in [0.15, 0.2) is 0 Å². The Balaban J connectivity index is 2.54. The number of aromatic nitrogens is 1. The molecule has 0 atom stereocenters. The van der Waals surface area contributed by atoms with Crippen LogP contribution >= 0.6 is 11.8 Å². The second-order valence-corrected chi connectivity index (χ2v) is 5.70. The van der Waals surface area contributed by atoms with E-state index < -0.39 is 0 Å². The molecule has 0 aromatic carbocycles. The summed E-state index contributed by atoms with van der Waals surface area (Å²) in [7, 11) is 0. The molecule has 0 saturated heterocycles. The van der Waals surface area contributed by atoms with Crippen molar-refractivity contribution in [1.82, 2.24) is 9.88 Å². The van der Waals surface area contributed by atoms with Crippen molar-refractivity contribution in [2.75, 3.05) is 31.1 Å². The summed E-state index contributed by atoms with van der Waals surface area (Å²) in [6.45, 7) is 11.6. The number of nitrogen functional groups attached to an aromatic ring is 1. The Morgan fingerprint density at radius 2 is 2.00 bits per heavy atom. The van der Waals surface area contributed by atoms with Crippen LogP contribution in [0.4, 0.5) is 5.69 Å². The standard InChI is InChI=1S/C14H25N3OS/c1-5-17(6-2)9-10-19-13-8-7-12(15)14(16-13)18-11(3)4/h7-8,11H,5-6,9-10,15H2,1-4H3. The van der Waals surface area contributed by atoms with E-state index in [2.05, 4.69) is 23.7 Å². The van der Waals surface area contributed by atoms with Crippen LogP contribution in [0.1, 0.15) is 27.7 Å². The molecule has 0 saturated carbocycles. The normalized spacial score (nSPS) is 11.3. The summed E-state index contributed by atoms with van der Waals surface area (Å²) >= 11 is 1.74. The van der Waals surface area contributed by atoms with Crippen molar-refractivity contribution in [3.05, 3.63) is 12.1 Å². The molecule has 0 radical (unpaired) electrons. The lowest BCUT2D eigenvalue weighted by atomic mass is 10.4. The number of ether oxygens (including phenoxy) is 1. The van der Waals surface area contributed by atoms with Crippen LogP contribution in [0.2, 0.25) is 0 Å². The average Bonchev–Trinajstić information content (AvgIpc) is 2.38. The van der Waals surface area contributed by atoms with Crippen molar-refractivity contribution in [3.8, 4) is 5.88 Å². The van der Waals surface area contributed by atoms with Crippen LogP contribution in [-0.4, -0.2) is 41.4 Å². The third-order valence-corrected chi connectivity index (χ3v) is 3.67. The maximum absolute atomic E-state index is 5.85. The minimum absolute atomic E-state index is 0.0886. The van der Waals surface area contributed by atoms with Crippen LogP contribution in [0.3, 0.4) is 0 Å². The van der Waals surface area contributed by atoms with Gasteiger partial charge < -0.3 is 15.4 Å². The Hall–Kier alpha value is -0.940. The summed E-state index contributed by atoms with van der Waals surface area (Å²) < 4.78 is 5.60. The zero-order valence-electron chi connectivity index (χ0n) is 12.3. The molecule has 1 heterocycles. The largest absolute Gasteiger partial charge is 0.473 e. The molecule has 0 amide bonds. The van der Waals surface area contributed by atoms with E-state index in [4.69, 9.17) is 10.5 Å². The second kappa shape index (κ2) is 8.27. The van der Waals surface area contributed by atoms with Crippen LogP contribution in [-0.2, 0) is 0 Å². The molecule has 2 N–H and O–H groups in total. The molecule has 5 heteroatoms. The van der Waals surface area contributed by atoms with Crippen LogP contribution < -0.4 is 10.5 Å². The monoisotopic (exact) mass is 283 g/mol. The predicted molar refractivity (Wildman–Crippen MR) is 82.9 cm³/mol. The molecule has 19 heavy (non-hydrogen) atoms. The molecule has 0 unspecified atom stereocenters. The number of anilines is 1. The summed E-state index contributed by atoms with van der Waals surface area (Å²) in [5.41, 5.74) is 6.45. The molecule has 0 fully saturated rings. The van der Waals surface area contributed by atoms with Gasteiger partial charge in [0.05, 0.1) is 11.8 Å². The first-order chi connectivity index (χ1) is 9.06. The SMILES string of the molecule is CCN(CC)CCSc1ccc(N)c(OC(C)C)n1. The number of nitrogens with two attached hydrogens (primary N) is 1. The molecule has 0 aliphatic heterocycles. The summed E-state index contributed by atoms with van der Waals surface area (Å²) in [4.78, 5) is 6.86. The van der Waals surface area contributed by atoms with Crippen LogP contribution in [0, 0.1) is 0 Å². The van der Waals surface area contributed by atoms with Gasteiger partial charge >= 0.3 is 0 Å². The van der Waals surface area contributed by atoms with E-state index in [1.807, 2.05) is 26.0 Å². The van der Waals surface area contributed by atoms with E-state index in [0.717, 1.165) is 30.4 Å². The molecule has 4 nitrogen and oxygen atoms in total. The van der Waals surface area contributed by atoms with E-state index >= 15 is 0 Å². The lowest BCUT2D eigenvalue weighted by molar-refractivity contribution is 0.232. The Labute approximate surface area is 120 Å². The van der Waals surface area contributed by atoms with Gasteiger partial charge in [-0.05, 0) is 39.1 Å². The van der Waals surface area contributed by atoms with Crippen LogP contribution in [0.5, 0.6) is 5.88 Å². The van der Waals surface area contributed by atoms with E-state index in [-0.39, 0.29) is 6.10 Å². The molecule has 1 rings (SSSR count). The first kappa shape index (κ1) is 16.1. The second-order valence-electron chi connectivity index (χ2n) is 4.59. The van der Waals surface area contributed by atoms with E-state index in [1.54, 1.807) is 11.8 Å². The van der Waals surface area contributed by atoms with Crippen molar-refractivity contribution >= 4 is 17.4 Å². The third kappa shape index (κ3) is 5.70. The molecule has 1 aromatic rings. The van der Waals surface area contributed by atoms with Gasteiger partial charge in [0.2, 0.25) is 5.88 Å². The van der Waals surface area contributed by atoms with Gasteiger partial charge in [-0.1, -0.05) is 13.8 Å². The quantitative estimate of drug-likeness (QED) is 0.743. The van der Waals surface area contributed by atoms with Gasteiger partial charge in [-0.15, -0.1) is 11.8 Å². The lowest BCUT2D eigenvalue weighted by Crippen LogP contribution is -2.25. The molecule has 108 valence electrons. The number of pyridine rings is 1. The van der Waals surface area contributed by atoms with Crippen LogP contribution in [0.15, 0.2) is 17.2 Å². The van der Waals surface area contributed by atoms with Crippen molar-refractivity contribution < 1.29 is 4.74 Å². The molecular formula is C14H25N3OS. The predicted octanol–water partition coefficient (Wildman–Crippen LogP) is 2.88. The van der Waals surface area contributed by atoms with Gasteiger partial charge in [-0.3, -0.25) is 0 Å². The number of thioether (sulfide) groups is 1. The maximum Gasteiger partial charge on any atom is 0.238 e. The van der Waals surface area contributed by atoms with Gasteiger partial charge in [0, 0.05) is 12.3 Å². The molecule has 0 aliphatic rings. The van der Waals surface area contributed by atoms with E-state index in [9.17, 15) is 0 Å². The Bertz CT molecular complexity index is 381. The summed E-state index contributed by atoms with van der Waals surface area (Å²) in [6, 6.07) is 3.82. The van der Waals surface area contributed by atoms with Crippen molar-refractivity contribution in [2.24, 2.45) is 0 Å². The van der Waals surface area contributed by atoms with Crippen molar-refractivity contribution in [3.63, 3.8) is 0 Å². The van der Waals surface area contributed by atoms with E-state index in [0.29, 0.717) is 11.6 Å². The Morgan fingerprint density at radius 3 is 2.58 bits per heavy atom. The Morgan fingerprint density at radius 1 is 1.32 bits per heavy atom. The molecule has 0 bridgehead atoms. The fraction of sp³-hybridized carbons (Fsp3) is 0.643. The highest BCUT2D eigenvalue weighted by Crippen LogP contribution is 2.25.